The second-order valence-corrected chi connectivity index (χ2v) is 6.45. The second kappa shape index (κ2) is 8.86. The summed E-state index contributed by atoms with van der Waals surface area (Å²) < 4.78 is 36.7. The zero-order valence-corrected chi connectivity index (χ0v) is 13.6. The Balaban J connectivity index is 2.57. The van der Waals surface area contributed by atoms with Gasteiger partial charge >= 0.3 is 0 Å². The molecule has 0 fully saturated rings. The molecule has 1 aromatic carbocycles. The second-order valence-electron chi connectivity index (χ2n) is 4.52. The average Bonchev–Trinajstić information content (AvgIpc) is 2.49. The standard InChI is InChI=1S/C14H24N2O4S/c1-4-15-8-5-9-21(17,18)16-11-12-6-7-13(19-2)10-14(12)20-3/h6-7,10,15-16H,4-5,8-9,11H2,1-3H3. The molecule has 0 bridgehead atoms. The molecule has 120 valence electrons. The van der Waals surface area contributed by atoms with Gasteiger partial charge in [-0.2, -0.15) is 0 Å². The third kappa shape index (κ3) is 6.33. The lowest BCUT2D eigenvalue weighted by molar-refractivity contribution is 0.390. The molecule has 1 rings (SSSR count). The van der Waals surface area contributed by atoms with E-state index in [9.17, 15) is 8.42 Å². The van der Waals surface area contributed by atoms with Crippen molar-refractivity contribution in [3.05, 3.63) is 23.8 Å². The molecule has 0 spiro atoms. The van der Waals surface area contributed by atoms with Gasteiger partial charge in [-0.15, -0.1) is 0 Å². The molecule has 0 aliphatic rings. The summed E-state index contributed by atoms with van der Waals surface area (Å²) in [6.07, 6.45) is 0.586. The maximum atomic E-state index is 11.9. The fourth-order valence-corrected chi connectivity index (χ4v) is 2.87. The van der Waals surface area contributed by atoms with Crippen LogP contribution >= 0.6 is 0 Å². The number of methoxy groups -OCH3 is 2. The minimum absolute atomic E-state index is 0.110. The van der Waals surface area contributed by atoms with Gasteiger partial charge in [0.25, 0.3) is 0 Å². The van der Waals surface area contributed by atoms with Crippen molar-refractivity contribution in [1.29, 1.82) is 0 Å². The fraction of sp³-hybridized carbons (Fsp3) is 0.571. The highest BCUT2D eigenvalue weighted by Crippen LogP contribution is 2.24. The molecule has 0 saturated heterocycles. The minimum atomic E-state index is -3.28. The predicted octanol–water partition coefficient (Wildman–Crippen LogP) is 1.12. The van der Waals surface area contributed by atoms with Gasteiger partial charge in [0.1, 0.15) is 11.5 Å². The van der Waals surface area contributed by atoms with Crippen LogP contribution in [0.3, 0.4) is 0 Å². The van der Waals surface area contributed by atoms with E-state index in [0.29, 0.717) is 24.5 Å². The largest absolute Gasteiger partial charge is 0.497 e. The summed E-state index contributed by atoms with van der Waals surface area (Å²) in [7, 11) is -0.162. The number of sulfonamides is 1. The maximum absolute atomic E-state index is 11.9. The number of rotatable bonds is 10. The molecule has 1 aromatic rings. The van der Waals surface area contributed by atoms with Crippen LogP contribution in [0.15, 0.2) is 18.2 Å². The number of hydrogen-bond donors (Lipinski definition) is 2. The van der Waals surface area contributed by atoms with Crippen LogP contribution in [0, 0.1) is 0 Å². The van der Waals surface area contributed by atoms with E-state index in [1.54, 1.807) is 32.4 Å². The average molecular weight is 316 g/mol. The van der Waals surface area contributed by atoms with Gasteiger partial charge in [-0.05, 0) is 25.6 Å². The maximum Gasteiger partial charge on any atom is 0.211 e. The summed E-state index contributed by atoms with van der Waals surface area (Å²) in [5.41, 5.74) is 0.772. The van der Waals surface area contributed by atoms with Gasteiger partial charge in [0.2, 0.25) is 10.0 Å². The normalized spacial score (nSPS) is 11.4. The van der Waals surface area contributed by atoms with Gasteiger partial charge in [-0.1, -0.05) is 13.0 Å². The van der Waals surface area contributed by atoms with Crippen LogP contribution in [-0.2, 0) is 16.6 Å². The van der Waals surface area contributed by atoms with Crippen molar-refractivity contribution in [2.75, 3.05) is 33.1 Å². The molecule has 0 unspecified atom stereocenters. The molecule has 21 heavy (non-hydrogen) atoms. The van der Waals surface area contributed by atoms with Crippen molar-refractivity contribution in [2.45, 2.75) is 19.9 Å². The van der Waals surface area contributed by atoms with Crippen molar-refractivity contribution in [1.82, 2.24) is 10.0 Å². The van der Waals surface area contributed by atoms with Gasteiger partial charge < -0.3 is 14.8 Å². The Morgan fingerprint density at radius 3 is 2.57 bits per heavy atom. The number of nitrogens with one attached hydrogen (secondary N) is 2. The molecule has 0 heterocycles. The monoisotopic (exact) mass is 316 g/mol. The van der Waals surface area contributed by atoms with Crippen LogP contribution < -0.4 is 19.5 Å². The summed E-state index contributed by atoms with van der Waals surface area (Å²) in [4.78, 5) is 0. The highest BCUT2D eigenvalue weighted by Gasteiger charge is 2.12. The van der Waals surface area contributed by atoms with E-state index in [1.165, 1.54) is 0 Å². The highest BCUT2D eigenvalue weighted by molar-refractivity contribution is 7.89. The molecular formula is C14H24N2O4S. The van der Waals surface area contributed by atoms with Crippen LogP contribution in [0.25, 0.3) is 0 Å². The third-order valence-corrected chi connectivity index (χ3v) is 4.40. The summed E-state index contributed by atoms with van der Waals surface area (Å²) in [5.74, 6) is 1.38. The van der Waals surface area contributed by atoms with E-state index in [4.69, 9.17) is 9.47 Å². The first-order valence-corrected chi connectivity index (χ1v) is 8.56. The smallest absolute Gasteiger partial charge is 0.211 e. The summed E-state index contributed by atoms with van der Waals surface area (Å²) in [6, 6.07) is 5.30. The van der Waals surface area contributed by atoms with E-state index >= 15 is 0 Å². The molecule has 6 nitrogen and oxygen atoms in total. The Labute approximate surface area is 126 Å². The Morgan fingerprint density at radius 1 is 1.19 bits per heavy atom. The highest BCUT2D eigenvalue weighted by atomic mass is 32.2. The lowest BCUT2D eigenvalue weighted by Gasteiger charge is -2.11. The lowest BCUT2D eigenvalue weighted by atomic mass is 10.2. The van der Waals surface area contributed by atoms with Crippen molar-refractivity contribution in [2.24, 2.45) is 0 Å². The number of ether oxygens (including phenoxy) is 2. The number of hydrogen-bond acceptors (Lipinski definition) is 5. The summed E-state index contributed by atoms with van der Waals surface area (Å²) >= 11 is 0. The van der Waals surface area contributed by atoms with Crippen molar-refractivity contribution < 1.29 is 17.9 Å². The number of benzene rings is 1. The molecule has 0 radical (unpaired) electrons. The van der Waals surface area contributed by atoms with E-state index in [-0.39, 0.29) is 12.3 Å². The van der Waals surface area contributed by atoms with Gasteiger partial charge in [0, 0.05) is 18.2 Å². The quantitative estimate of drug-likeness (QED) is 0.633. The first-order chi connectivity index (χ1) is 10.0. The lowest BCUT2D eigenvalue weighted by Crippen LogP contribution is -2.28. The third-order valence-electron chi connectivity index (χ3n) is 2.99. The van der Waals surface area contributed by atoms with Crippen LogP contribution in [-0.4, -0.2) is 41.5 Å². The first-order valence-electron chi connectivity index (χ1n) is 6.91. The molecular weight excluding hydrogens is 292 g/mol. The Kier molecular flexibility index (Phi) is 7.49. The molecule has 0 amide bonds. The van der Waals surface area contributed by atoms with Crippen LogP contribution in [0.4, 0.5) is 0 Å². The SMILES string of the molecule is CCNCCCS(=O)(=O)NCc1ccc(OC)cc1OC. The van der Waals surface area contributed by atoms with E-state index in [2.05, 4.69) is 10.0 Å². The van der Waals surface area contributed by atoms with Gasteiger partial charge in [0.15, 0.2) is 0 Å². The van der Waals surface area contributed by atoms with Crippen molar-refractivity contribution in [3.8, 4) is 11.5 Å². The molecule has 0 atom stereocenters. The topological polar surface area (TPSA) is 76.7 Å². The van der Waals surface area contributed by atoms with Crippen LogP contribution in [0.1, 0.15) is 18.9 Å². The summed E-state index contributed by atoms with van der Waals surface area (Å²) in [5, 5.41) is 3.10. The van der Waals surface area contributed by atoms with E-state index < -0.39 is 10.0 Å². The first kappa shape index (κ1) is 17.7. The molecule has 0 aliphatic carbocycles. The van der Waals surface area contributed by atoms with Gasteiger partial charge in [-0.3, -0.25) is 0 Å². The van der Waals surface area contributed by atoms with Gasteiger partial charge in [-0.25, -0.2) is 13.1 Å². The van der Waals surface area contributed by atoms with Crippen molar-refractivity contribution in [3.63, 3.8) is 0 Å². The summed E-state index contributed by atoms with van der Waals surface area (Å²) in [6.45, 7) is 3.74. The fourth-order valence-electron chi connectivity index (χ4n) is 1.82. The Bertz CT molecular complexity index is 532. The Hall–Kier alpha value is -1.31. The molecule has 0 aromatic heterocycles. The van der Waals surface area contributed by atoms with E-state index in [1.807, 2.05) is 6.92 Å². The zero-order valence-electron chi connectivity index (χ0n) is 12.8. The van der Waals surface area contributed by atoms with Gasteiger partial charge in [0.05, 0.1) is 20.0 Å². The minimum Gasteiger partial charge on any atom is -0.497 e. The predicted molar refractivity (Wildman–Crippen MR) is 83.3 cm³/mol. The molecule has 0 saturated carbocycles. The van der Waals surface area contributed by atoms with Crippen LogP contribution in [0.5, 0.6) is 11.5 Å². The molecule has 2 N–H and O–H groups in total. The Morgan fingerprint density at radius 2 is 1.95 bits per heavy atom. The zero-order chi connectivity index (χ0) is 15.7. The van der Waals surface area contributed by atoms with E-state index in [0.717, 1.165) is 12.1 Å². The van der Waals surface area contributed by atoms with Crippen LogP contribution in [0.2, 0.25) is 0 Å². The molecule has 7 heteroatoms. The van der Waals surface area contributed by atoms with Crippen molar-refractivity contribution >= 4 is 10.0 Å². The molecule has 0 aliphatic heterocycles.